The van der Waals surface area contributed by atoms with E-state index in [1.165, 1.54) is 4.88 Å². The minimum absolute atomic E-state index is 0.214. The largest absolute Gasteiger partial charge is 0.445 e. The van der Waals surface area contributed by atoms with E-state index in [-0.39, 0.29) is 12.1 Å². The van der Waals surface area contributed by atoms with Gasteiger partial charge < -0.3 is 15.4 Å². The van der Waals surface area contributed by atoms with Crippen molar-refractivity contribution >= 4 is 17.4 Å². The first-order valence-corrected chi connectivity index (χ1v) is 8.85. The van der Waals surface area contributed by atoms with Gasteiger partial charge in [0.1, 0.15) is 6.61 Å². The number of thiophene rings is 1. The molecular weight excluding hydrogens is 308 g/mol. The molecule has 23 heavy (non-hydrogen) atoms. The van der Waals surface area contributed by atoms with Gasteiger partial charge in [-0.1, -0.05) is 36.4 Å². The molecule has 1 unspecified atom stereocenters. The molecule has 1 saturated carbocycles. The fourth-order valence-corrected chi connectivity index (χ4v) is 3.52. The maximum absolute atomic E-state index is 11.8. The summed E-state index contributed by atoms with van der Waals surface area (Å²) >= 11 is 1.77. The van der Waals surface area contributed by atoms with Gasteiger partial charge in [0.05, 0.1) is 0 Å². The Kier molecular flexibility index (Phi) is 5.31. The second-order valence-corrected chi connectivity index (χ2v) is 6.95. The van der Waals surface area contributed by atoms with Crippen molar-refractivity contribution < 1.29 is 9.53 Å². The normalized spacial score (nSPS) is 21.3. The number of carbonyl (C=O) groups excluding carboxylic acids is 1. The smallest absolute Gasteiger partial charge is 0.407 e. The van der Waals surface area contributed by atoms with Gasteiger partial charge in [0.2, 0.25) is 0 Å². The van der Waals surface area contributed by atoms with Crippen molar-refractivity contribution in [1.82, 2.24) is 10.6 Å². The van der Waals surface area contributed by atoms with E-state index in [0.717, 1.165) is 18.4 Å². The molecule has 1 amide bonds. The summed E-state index contributed by atoms with van der Waals surface area (Å²) in [6.07, 6.45) is 1.58. The number of benzene rings is 1. The number of nitrogens with one attached hydrogen (secondary N) is 2. The van der Waals surface area contributed by atoms with Gasteiger partial charge in [0.15, 0.2) is 0 Å². The summed E-state index contributed by atoms with van der Waals surface area (Å²) in [7, 11) is 0. The van der Waals surface area contributed by atoms with Crippen LogP contribution in [0.2, 0.25) is 0 Å². The number of alkyl carbamates (subject to hydrolysis) is 1. The van der Waals surface area contributed by atoms with Crippen molar-refractivity contribution in [2.24, 2.45) is 0 Å². The first-order valence-electron chi connectivity index (χ1n) is 7.97. The second-order valence-electron chi connectivity index (χ2n) is 5.98. The minimum atomic E-state index is -0.330. The van der Waals surface area contributed by atoms with Gasteiger partial charge in [-0.15, -0.1) is 11.3 Å². The summed E-state index contributed by atoms with van der Waals surface area (Å²) in [5.74, 6) is 0. The van der Waals surface area contributed by atoms with Crippen LogP contribution < -0.4 is 10.6 Å². The van der Waals surface area contributed by atoms with E-state index < -0.39 is 0 Å². The van der Waals surface area contributed by atoms with E-state index in [9.17, 15) is 4.79 Å². The highest BCUT2D eigenvalue weighted by Gasteiger charge is 2.31. The molecule has 1 heterocycles. The summed E-state index contributed by atoms with van der Waals surface area (Å²) in [4.78, 5) is 13.1. The van der Waals surface area contributed by atoms with Crippen LogP contribution in [0.15, 0.2) is 47.8 Å². The zero-order valence-electron chi connectivity index (χ0n) is 13.2. The third-order valence-electron chi connectivity index (χ3n) is 4.13. The molecule has 3 rings (SSSR count). The molecule has 1 aromatic heterocycles. The van der Waals surface area contributed by atoms with Crippen LogP contribution >= 0.6 is 11.3 Å². The average Bonchev–Trinajstić information content (AvgIpc) is 3.06. The Balaban J connectivity index is 1.33. The summed E-state index contributed by atoms with van der Waals surface area (Å²) < 4.78 is 5.24. The highest BCUT2D eigenvalue weighted by Crippen LogP contribution is 2.25. The Morgan fingerprint density at radius 2 is 2.00 bits per heavy atom. The zero-order valence-corrected chi connectivity index (χ0v) is 14.0. The molecule has 4 nitrogen and oxygen atoms in total. The monoisotopic (exact) mass is 330 g/mol. The Morgan fingerprint density at radius 3 is 2.70 bits per heavy atom. The van der Waals surface area contributed by atoms with Crippen LogP contribution in [0.3, 0.4) is 0 Å². The molecule has 1 aliphatic carbocycles. The molecule has 2 aromatic rings. The molecule has 1 aromatic carbocycles. The van der Waals surface area contributed by atoms with Crippen molar-refractivity contribution in [1.29, 1.82) is 0 Å². The third-order valence-corrected chi connectivity index (χ3v) is 5.18. The molecule has 1 aliphatic rings. The van der Waals surface area contributed by atoms with Crippen molar-refractivity contribution in [2.45, 2.75) is 44.5 Å². The maximum Gasteiger partial charge on any atom is 0.407 e. The Morgan fingerprint density at radius 1 is 1.22 bits per heavy atom. The summed E-state index contributed by atoms with van der Waals surface area (Å²) in [5.41, 5.74) is 1.00. The molecule has 0 bridgehead atoms. The lowest BCUT2D eigenvalue weighted by Gasteiger charge is -2.37. The number of amides is 1. The molecule has 0 saturated heterocycles. The highest BCUT2D eigenvalue weighted by molar-refractivity contribution is 7.10. The van der Waals surface area contributed by atoms with E-state index >= 15 is 0 Å². The third kappa shape index (κ3) is 4.56. The van der Waals surface area contributed by atoms with Crippen molar-refractivity contribution in [3.05, 3.63) is 58.3 Å². The molecule has 2 N–H and O–H groups in total. The van der Waals surface area contributed by atoms with Gasteiger partial charge >= 0.3 is 6.09 Å². The summed E-state index contributed by atoms with van der Waals surface area (Å²) in [6, 6.07) is 15.0. The van der Waals surface area contributed by atoms with Crippen LogP contribution in [0.5, 0.6) is 0 Å². The Labute approximate surface area is 140 Å². The van der Waals surface area contributed by atoms with E-state index in [1.54, 1.807) is 11.3 Å². The van der Waals surface area contributed by atoms with Gasteiger partial charge in [-0.25, -0.2) is 4.79 Å². The molecule has 1 fully saturated rings. The molecule has 0 spiro atoms. The first kappa shape index (κ1) is 16.0. The summed E-state index contributed by atoms with van der Waals surface area (Å²) in [6.45, 7) is 2.50. The lowest BCUT2D eigenvalue weighted by atomic mass is 9.86. The Hall–Kier alpha value is -1.85. The maximum atomic E-state index is 11.8. The highest BCUT2D eigenvalue weighted by atomic mass is 32.1. The van der Waals surface area contributed by atoms with Gasteiger partial charge in [0.25, 0.3) is 0 Å². The van der Waals surface area contributed by atoms with E-state index in [0.29, 0.717) is 18.7 Å². The topological polar surface area (TPSA) is 50.4 Å². The zero-order chi connectivity index (χ0) is 16.1. The van der Waals surface area contributed by atoms with E-state index in [1.807, 2.05) is 30.3 Å². The van der Waals surface area contributed by atoms with Crippen LogP contribution in [0.25, 0.3) is 0 Å². The van der Waals surface area contributed by atoms with Gasteiger partial charge in [-0.2, -0.15) is 0 Å². The summed E-state index contributed by atoms with van der Waals surface area (Å²) in [5, 5.41) is 8.62. The predicted molar refractivity (Wildman–Crippen MR) is 92.4 cm³/mol. The van der Waals surface area contributed by atoms with Gasteiger partial charge in [0, 0.05) is 23.0 Å². The van der Waals surface area contributed by atoms with Crippen molar-refractivity contribution in [2.75, 3.05) is 0 Å². The van der Waals surface area contributed by atoms with Crippen LogP contribution in [-0.4, -0.2) is 18.2 Å². The van der Waals surface area contributed by atoms with Crippen molar-refractivity contribution in [3.63, 3.8) is 0 Å². The van der Waals surface area contributed by atoms with Crippen LogP contribution in [-0.2, 0) is 11.3 Å². The Bertz CT molecular complexity index is 609. The standard InChI is InChI=1S/C18H22N2O2S/c1-13(17-8-5-9-23-17)19-15-10-16(11-15)20-18(21)22-12-14-6-3-2-4-7-14/h2-9,13,15-16,19H,10-12H2,1H3,(H,20,21). The number of rotatable bonds is 6. The number of ether oxygens (including phenoxy) is 1. The number of hydrogen-bond donors (Lipinski definition) is 2. The number of hydrogen-bond acceptors (Lipinski definition) is 4. The molecule has 0 aliphatic heterocycles. The predicted octanol–water partition coefficient (Wildman–Crippen LogP) is 3.86. The molecule has 1 atom stereocenters. The quantitative estimate of drug-likeness (QED) is 0.846. The molecule has 5 heteroatoms. The van der Waals surface area contributed by atoms with E-state index in [4.69, 9.17) is 4.74 Å². The lowest BCUT2D eigenvalue weighted by Crippen LogP contribution is -2.52. The van der Waals surface area contributed by atoms with Crippen LogP contribution in [0.4, 0.5) is 4.79 Å². The molecular formula is C18H22N2O2S. The van der Waals surface area contributed by atoms with Crippen LogP contribution in [0, 0.1) is 0 Å². The lowest BCUT2D eigenvalue weighted by molar-refractivity contribution is 0.124. The van der Waals surface area contributed by atoms with Gasteiger partial charge in [-0.3, -0.25) is 0 Å². The number of carbonyl (C=O) groups is 1. The average molecular weight is 330 g/mol. The van der Waals surface area contributed by atoms with E-state index in [2.05, 4.69) is 35.1 Å². The second kappa shape index (κ2) is 7.62. The first-order chi connectivity index (χ1) is 11.2. The fourth-order valence-electron chi connectivity index (χ4n) is 2.78. The molecule has 122 valence electrons. The SMILES string of the molecule is CC(NC1CC(NC(=O)OCc2ccccc2)C1)c1cccs1. The van der Waals surface area contributed by atoms with Gasteiger partial charge in [-0.05, 0) is 36.8 Å². The molecule has 0 radical (unpaired) electrons. The minimum Gasteiger partial charge on any atom is -0.445 e. The fraction of sp³-hybridized carbons (Fsp3) is 0.389. The van der Waals surface area contributed by atoms with Crippen LogP contribution in [0.1, 0.15) is 36.2 Å². The van der Waals surface area contributed by atoms with Crippen molar-refractivity contribution in [3.8, 4) is 0 Å².